The largest absolute Gasteiger partial charge is 0.494 e. The Kier molecular flexibility index (Phi) is 7.30. The lowest BCUT2D eigenvalue weighted by Crippen LogP contribution is -2.23. The van der Waals surface area contributed by atoms with Gasteiger partial charge in [-0.05, 0) is 36.1 Å². The summed E-state index contributed by atoms with van der Waals surface area (Å²) in [5, 5.41) is 2.96. The molecule has 0 unspecified atom stereocenters. The molecule has 0 saturated carbocycles. The highest BCUT2D eigenvalue weighted by Crippen LogP contribution is 2.19. The van der Waals surface area contributed by atoms with Crippen LogP contribution >= 0.6 is 0 Å². The number of carbonyl (C=O) groups is 1. The zero-order valence-corrected chi connectivity index (χ0v) is 14.4. The van der Waals surface area contributed by atoms with Crippen molar-refractivity contribution in [1.82, 2.24) is 5.32 Å². The van der Waals surface area contributed by atoms with Gasteiger partial charge >= 0.3 is 0 Å². The third kappa shape index (κ3) is 5.70. The molecule has 0 spiro atoms. The smallest absolute Gasteiger partial charge is 0.220 e. The summed E-state index contributed by atoms with van der Waals surface area (Å²) in [6, 6.07) is 15.9. The number of carbonyl (C=O) groups excluding carboxylic acids is 1. The number of rotatable bonds is 9. The van der Waals surface area contributed by atoms with E-state index in [1.54, 1.807) is 7.11 Å². The normalized spacial score (nSPS) is 10.4. The summed E-state index contributed by atoms with van der Waals surface area (Å²) < 4.78 is 10.7. The van der Waals surface area contributed by atoms with Crippen molar-refractivity contribution in [3.8, 4) is 5.75 Å². The number of para-hydroxylation sites is 1. The highest BCUT2D eigenvalue weighted by atomic mass is 16.5. The van der Waals surface area contributed by atoms with Crippen molar-refractivity contribution < 1.29 is 14.3 Å². The van der Waals surface area contributed by atoms with Gasteiger partial charge in [-0.25, -0.2) is 0 Å². The van der Waals surface area contributed by atoms with E-state index in [1.165, 1.54) is 0 Å². The van der Waals surface area contributed by atoms with E-state index in [2.05, 4.69) is 5.32 Å². The first-order valence-corrected chi connectivity index (χ1v) is 8.27. The summed E-state index contributed by atoms with van der Waals surface area (Å²) in [6.07, 6.45) is 1.13. The van der Waals surface area contributed by atoms with Gasteiger partial charge in [0.2, 0.25) is 5.91 Å². The van der Waals surface area contributed by atoms with Gasteiger partial charge in [0.25, 0.3) is 0 Å². The summed E-state index contributed by atoms with van der Waals surface area (Å²) in [7, 11) is 1.68. The lowest BCUT2D eigenvalue weighted by molar-refractivity contribution is -0.121. The molecule has 0 aliphatic carbocycles. The molecule has 1 N–H and O–H groups in total. The molecule has 128 valence electrons. The molecule has 0 radical (unpaired) electrons. The Morgan fingerprint density at radius 1 is 1.04 bits per heavy atom. The lowest BCUT2D eigenvalue weighted by atomic mass is 10.1. The Morgan fingerprint density at radius 3 is 2.46 bits per heavy atom. The molecule has 0 bridgehead atoms. The molecule has 4 nitrogen and oxygen atoms in total. The zero-order valence-electron chi connectivity index (χ0n) is 14.4. The van der Waals surface area contributed by atoms with Crippen LogP contribution in [0.2, 0.25) is 0 Å². The molecule has 0 saturated heterocycles. The molecule has 0 aliphatic rings. The van der Waals surface area contributed by atoms with Crippen LogP contribution in [0.5, 0.6) is 5.75 Å². The van der Waals surface area contributed by atoms with Crippen LogP contribution in [-0.4, -0.2) is 19.6 Å². The minimum Gasteiger partial charge on any atom is -0.494 e. The summed E-state index contributed by atoms with van der Waals surface area (Å²) in [4.78, 5) is 12.1. The van der Waals surface area contributed by atoms with Crippen molar-refractivity contribution in [3.05, 3.63) is 65.2 Å². The summed E-state index contributed by atoms with van der Waals surface area (Å²) in [5.41, 5.74) is 3.27. The van der Waals surface area contributed by atoms with E-state index in [0.29, 0.717) is 32.6 Å². The van der Waals surface area contributed by atoms with Gasteiger partial charge in [-0.3, -0.25) is 4.79 Å². The number of methoxy groups -OCH3 is 1. The standard InChI is InChI=1S/C20H25NO3/c1-3-24-19-7-5-4-6-18(19)12-13-20(22)21-14-16-8-10-17(11-9-16)15-23-2/h4-11H,3,12-15H2,1-2H3,(H,21,22). The van der Waals surface area contributed by atoms with Crippen LogP contribution < -0.4 is 10.1 Å². The van der Waals surface area contributed by atoms with Crippen LogP contribution in [0.3, 0.4) is 0 Å². The Hall–Kier alpha value is -2.33. The van der Waals surface area contributed by atoms with E-state index in [-0.39, 0.29) is 5.91 Å². The minimum atomic E-state index is 0.0438. The number of nitrogens with one attached hydrogen (secondary N) is 1. The molecular formula is C20H25NO3. The van der Waals surface area contributed by atoms with Crippen LogP contribution in [0.4, 0.5) is 0 Å². The Morgan fingerprint density at radius 2 is 1.75 bits per heavy atom. The molecule has 0 heterocycles. The maximum atomic E-state index is 12.1. The van der Waals surface area contributed by atoms with E-state index in [0.717, 1.165) is 22.4 Å². The number of amides is 1. The van der Waals surface area contributed by atoms with E-state index in [4.69, 9.17) is 9.47 Å². The lowest BCUT2D eigenvalue weighted by Gasteiger charge is -2.10. The molecule has 1 amide bonds. The second-order valence-corrected chi connectivity index (χ2v) is 5.57. The molecule has 0 atom stereocenters. The van der Waals surface area contributed by atoms with Gasteiger partial charge in [-0.2, -0.15) is 0 Å². The van der Waals surface area contributed by atoms with Gasteiger partial charge in [-0.15, -0.1) is 0 Å². The Bertz CT molecular complexity index is 638. The first-order chi connectivity index (χ1) is 11.7. The van der Waals surface area contributed by atoms with Crippen molar-refractivity contribution in [3.63, 3.8) is 0 Å². The molecule has 0 aromatic heterocycles. The molecule has 24 heavy (non-hydrogen) atoms. The second kappa shape index (κ2) is 9.73. The fraction of sp³-hybridized carbons (Fsp3) is 0.350. The second-order valence-electron chi connectivity index (χ2n) is 5.57. The van der Waals surface area contributed by atoms with Crippen molar-refractivity contribution in [1.29, 1.82) is 0 Å². The van der Waals surface area contributed by atoms with Crippen molar-refractivity contribution in [2.75, 3.05) is 13.7 Å². The Labute approximate surface area is 143 Å². The van der Waals surface area contributed by atoms with Crippen LogP contribution in [0.15, 0.2) is 48.5 Å². The van der Waals surface area contributed by atoms with Crippen LogP contribution in [0, 0.1) is 0 Å². The van der Waals surface area contributed by atoms with E-state index in [1.807, 2.05) is 55.5 Å². The van der Waals surface area contributed by atoms with Crippen molar-refractivity contribution in [2.45, 2.75) is 32.9 Å². The van der Waals surface area contributed by atoms with Crippen LogP contribution in [0.1, 0.15) is 30.0 Å². The third-order valence-electron chi connectivity index (χ3n) is 3.72. The summed E-state index contributed by atoms with van der Waals surface area (Å²) >= 11 is 0. The van der Waals surface area contributed by atoms with E-state index < -0.39 is 0 Å². The van der Waals surface area contributed by atoms with Gasteiger partial charge < -0.3 is 14.8 Å². The average Bonchev–Trinajstić information content (AvgIpc) is 2.61. The highest BCUT2D eigenvalue weighted by molar-refractivity contribution is 5.76. The van der Waals surface area contributed by atoms with Gasteiger partial charge in [0.05, 0.1) is 13.2 Å². The average molecular weight is 327 g/mol. The topological polar surface area (TPSA) is 47.6 Å². The number of ether oxygens (including phenoxy) is 2. The first kappa shape index (κ1) is 18.0. The maximum Gasteiger partial charge on any atom is 0.220 e. The van der Waals surface area contributed by atoms with Gasteiger partial charge in [-0.1, -0.05) is 42.5 Å². The number of benzene rings is 2. The van der Waals surface area contributed by atoms with Crippen LogP contribution in [-0.2, 0) is 29.1 Å². The Balaban J connectivity index is 1.79. The van der Waals surface area contributed by atoms with E-state index >= 15 is 0 Å². The highest BCUT2D eigenvalue weighted by Gasteiger charge is 2.06. The molecule has 2 aromatic carbocycles. The zero-order chi connectivity index (χ0) is 17.2. The molecule has 0 aliphatic heterocycles. The number of hydrogen-bond acceptors (Lipinski definition) is 3. The summed E-state index contributed by atoms with van der Waals surface area (Å²) in [5.74, 6) is 0.906. The molecule has 2 aromatic rings. The summed E-state index contributed by atoms with van der Waals surface area (Å²) in [6.45, 7) is 3.73. The quantitative estimate of drug-likeness (QED) is 0.767. The van der Waals surface area contributed by atoms with Gasteiger partial charge in [0.1, 0.15) is 5.75 Å². The fourth-order valence-corrected chi connectivity index (χ4v) is 2.46. The van der Waals surface area contributed by atoms with Crippen molar-refractivity contribution >= 4 is 5.91 Å². The fourth-order valence-electron chi connectivity index (χ4n) is 2.46. The molecule has 4 heteroatoms. The number of hydrogen-bond donors (Lipinski definition) is 1. The van der Waals surface area contributed by atoms with Crippen molar-refractivity contribution in [2.24, 2.45) is 0 Å². The monoisotopic (exact) mass is 327 g/mol. The molecular weight excluding hydrogens is 302 g/mol. The number of aryl methyl sites for hydroxylation is 1. The SMILES string of the molecule is CCOc1ccccc1CCC(=O)NCc1ccc(COC)cc1. The molecule has 2 rings (SSSR count). The van der Waals surface area contributed by atoms with E-state index in [9.17, 15) is 4.79 Å². The van der Waals surface area contributed by atoms with Gasteiger partial charge in [0, 0.05) is 20.1 Å². The predicted molar refractivity (Wildman–Crippen MR) is 94.9 cm³/mol. The van der Waals surface area contributed by atoms with Gasteiger partial charge in [0.15, 0.2) is 0 Å². The molecule has 0 fully saturated rings. The minimum absolute atomic E-state index is 0.0438. The predicted octanol–water partition coefficient (Wildman–Crippen LogP) is 3.48. The first-order valence-electron chi connectivity index (χ1n) is 8.27. The maximum absolute atomic E-state index is 12.1. The van der Waals surface area contributed by atoms with Crippen LogP contribution in [0.25, 0.3) is 0 Å². The third-order valence-corrected chi connectivity index (χ3v) is 3.72.